The number of halogens is 1. The van der Waals surface area contributed by atoms with Crippen LogP contribution in [0.15, 0.2) is 84.0 Å². The van der Waals surface area contributed by atoms with Gasteiger partial charge in [0.25, 0.3) is 11.8 Å². The quantitative estimate of drug-likeness (QED) is 0.328. The Balaban J connectivity index is 1.57. The van der Waals surface area contributed by atoms with Crippen molar-refractivity contribution in [3.63, 3.8) is 0 Å². The maximum atomic E-state index is 12.4. The fraction of sp³-hybridized carbons (Fsp3) is 0.160. The molecule has 3 rings (SSSR count). The molecular formula is C25H24ClN3O2S. The van der Waals surface area contributed by atoms with Gasteiger partial charge in [-0.1, -0.05) is 60.1 Å². The Morgan fingerprint density at radius 1 is 0.969 bits per heavy atom. The fourth-order valence-corrected chi connectivity index (χ4v) is 3.85. The predicted molar refractivity (Wildman–Crippen MR) is 133 cm³/mol. The average Bonchev–Trinajstić information content (AvgIpc) is 2.81. The number of hydrazone groups is 1. The van der Waals surface area contributed by atoms with Gasteiger partial charge in [0.15, 0.2) is 0 Å². The number of rotatable bonds is 8. The highest BCUT2D eigenvalue weighted by Crippen LogP contribution is 2.18. The Labute approximate surface area is 197 Å². The van der Waals surface area contributed by atoms with Crippen molar-refractivity contribution >= 4 is 46.6 Å². The van der Waals surface area contributed by atoms with Gasteiger partial charge in [0.2, 0.25) is 0 Å². The number of nitrogens with zero attached hydrogens (tertiary/aromatic N) is 1. The van der Waals surface area contributed by atoms with Gasteiger partial charge in [0.05, 0.1) is 11.0 Å². The second kappa shape index (κ2) is 11.5. The number of benzene rings is 3. The zero-order valence-corrected chi connectivity index (χ0v) is 19.4. The fourth-order valence-electron chi connectivity index (χ4n) is 2.82. The molecule has 0 bridgehead atoms. The van der Waals surface area contributed by atoms with E-state index in [1.807, 2.05) is 49.4 Å². The highest BCUT2D eigenvalue weighted by molar-refractivity contribution is 7.99. The average molecular weight is 466 g/mol. The van der Waals surface area contributed by atoms with Gasteiger partial charge in [0.1, 0.15) is 0 Å². The van der Waals surface area contributed by atoms with E-state index in [9.17, 15) is 9.59 Å². The molecule has 0 aliphatic carbocycles. The maximum absolute atomic E-state index is 12.4. The number of amides is 2. The van der Waals surface area contributed by atoms with E-state index in [4.69, 9.17) is 11.6 Å². The first kappa shape index (κ1) is 23.6. The SMILES string of the molecule is C/C(=N/NC(=O)[C@H](C)SCc1ccccc1)c1cccc(NC(=O)c2cccc(Cl)c2)c1. The highest BCUT2D eigenvalue weighted by atomic mass is 35.5. The molecule has 0 heterocycles. The molecule has 164 valence electrons. The number of nitrogens with one attached hydrogen (secondary N) is 2. The molecule has 2 N–H and O–H groups in total. The first-order valence-corrected chi connectivity index (χ1v) is 11.5. The van der Waals surface area contributed by atoms with Crippen LogP contribution in [0.3, 0.4) is 0 Å². The van der Waals surface area contributed by atoms with Crippen molar-refractivity contribution in [3.05, 3.63) is 101 Å². The van der Waals surface area contributed by atoms with Crippen LogP contribution in [0.2, 0.25) is 5.02 Å². The van der Waals surface area contributed by atoms with Gasteiger partial charge in [-0.25, -0.2) is 5.43 Å². The minimum atomic E-state index is -0.253. The second-order valence-electron chi connectivity index (χ2n) is 7.16. The van der Waals surface area contributed by atoms with Crippen molar-refractivity contribution < 1.29 is 9.59 Å². The van der Waals surface area contributed by atoms with Gasteiger partial charge in [0, 0.05) is 22.0 Å². The van der Waals surface area contributed by atoms with Crippen LogP contribution in [0.25, 0.3) is 0 Å². The van der Waals surface area contributed by atoms with Gasteiger partial charge in [-0.2, -0.15) is 5.10 Å². The summed E-state index contributed by atoms with van der Waals surface area (Å²) in [6.07, 6.45) is 0. The lowest BCUT2D eigenvalue weighted by Gasteiger charge is -2.11. The van der Waals surface area contributed by atoms with E-state index >= 15 is 0 Å². The van der Waals surface area contributed by atoms with Crippen LogP contribution in [0.4, 0.5) is 5.69 Å². The lowest BCUT2D eigenvalue weighted by atomic mass is 10.1. The summed E-state index contributed by atoms with van der Waals surface area (Å²) < 4.78 is 0. The molecule has 2 amide bonds. The Bertz CT molecular complexity index is 1120. The van der Waals surface area contributed by atoms with E-state index in [1.165, 1.54) is 5.56 Å². The third-order valence-electron chi connectivity index (χ3n) is 4.67. The molecule has 0 aliphatic heterocycles. The van der Waals surface area contributed by atoms with Crippen LogP contribution in [0.1, 0.15) is 35.3 Å². The molecule has 0 radical (unpaired) electrons. The summed E-state index contributed by atoms with van der Waals surface area (Å²) in [5.74, 6) is 0.347. The van der Waals surface area contributed by atoms with Gasteiger partial charge in [-0.05, 0) is 55.3 Å². The van der Waals surface area contributed by atoms with Crippen molar-refractivity contribution in [1.29, 1.82) is 0 Å². The zero-order valence-electron chi connectivity index (χ0n) is 17.8. The van der Waals surface area contributed by atoms with Crippen LogP contribution in [0, 0.1) is 0 Å². The Morgan fingerprint density at radius 3 is 2.44 bits per heavy atom. The van der Waals surface area contributed by atoms with Crippen LogP contribution in [0.5, 0.6) is 0 Å². The lowest BCUT2D eigenvalue weighted by Crippen LogP contribution is -2.27. The second-order valence-corrected chi connectivity index (χ2v) is 8.92. The summed E-state index contributed by atoms with van der Waals surface area (Å²) in [5, 5.41) is 7.35. The van der Waals surface area contributed by atoms with Gasteiger partial charge < -0.3 is 5.32 Å². The summed E-state index contributed by atoms with van der Waals surface area (Å²) in [6, 6.07) is 24.1. The molecule has 0 saturated heterocycles. The van der Waals surface area contributed by atoms with E-state index in [-0.39, 0.29) is 17.1 Å². The largest absolute Gasteiger partial charge is 0.322 e. The molecule has 3 aromatic carbocycles. The van der Waals surface area contributed by atoms with E-state index < -0.39 is 0 Å². The summed E-state index contributed by atoms with van der Waals surface area (Å²) in [5.41, 5.74) is 6.34. The van der Waals surface area contributed by atoms with Crippen LogP contribution in [-0.2, 0) is 10.5 Å². The molecular weight excluding hydrogens is 442 g/mol. The molecule has 0 spiro atoms. The molecule has 0 saturated carbocycles. The normalized spacial score (nSPS) is 12.2. The molecule has 0 aromatic heterocycles. The number of hydrogen-bond acceptors (Lipinski definition) is 4. The lowest BCUT2D eigenvalue weighted by molar-refractivity contribution is -0.120. The van der Waals surface area contributed by atoms with E-state index in [0.29, 0.717) is 22.0 Å². The van der Waals surface area contributed by atoms with Gasteiger partial charge >= 0.3 is 0 Å². The molecule has 3 aromatic rings. The van der Waals surface area contributed by atoms with Gasteiger partial charge in [-0.15, -0.1) is 11.8 Å². The minimum absolute atomic E-state index is 0.157. The van der Waals surface area contributed by atoms with Crippen LogP contribution in [-0.4, -0.2) is 22.8 Å². The first-order chi connectivity index (χ1) is 15.4. The maximum Gasteiger partial charge on any atom is 0.255 e. The molecule has 0 aliphatic rings. The van der Waals surface area contributed by atoms with Crippen LogP contribution >= 0.6 is 23.4 Å². The topological polar surface area (TPSA) is 70.6 Å². The third-order valence-corrected chi connectivity index (χ3v) is 6.12. The van der Waals surface area contributed by atoms with E-state index in [0.717, 1.165) is 11.3 Å². The number of thioether (sulfide) groups is 1. The molecule has 1 atom stereocenters. The summed E-state index contributed by atoms with van der Waals surface area (Å²) in [6.45, 7) is 3.67. The number of carbonyl (C=O) groups excluding carboxylic acids is 2. The van der Waals surface area contributed by atoms with Crippen molar-refractivity contribution in [2.24, 2.45) is 5.10 Å². The zero-order chi connectivity index (χ0) is 22.9. The number of carbonyl (C=O) groups is 2. The molecule has 7 heteroatoms. The Hall–Kier alpha value is -3.09. The predicted octanol–water partition coefficient (Wildman–Crippen LogP) is 5.75. The molecule has 0 unspecified atom stereocenters. The number of anilines is 1. The molecule has 5 nitrogen and oxygen atoms in total. The third kappa shape index (κ3) is 6.97. The Morgan fingerprint density at radius 2 is 1.69 bits per heavy atom. The van der Waals surface area contributed by atoms with E-state index in [1.54, 1.807) is 55.1 Å². The van der Waals surface area contributed by atoms with Crippen LogP contribution < -0.4 is 10.7 Å². The van der Waals surface area contributed by atoms with Crippen molar-refractivity contribution in [1.82, 2.24) is 5.43 Å². The van der Waals surface area contributed by atoms with Crippen molar-refractivity contribution in [3.8, 4) is 0 Å². The standard InChI is InChI=1S/C25H24ClN3O2S/c1-17(28-29-24(30)18(2)32-16-19-8-4-3-5-9-19)20-10-7-13-23(15-20)27-25(31)21-11-6-12-22(26)14-21/h3-15,18H,16H2,1-2H3,(H,27,31)(H,29,30)/b28-17-/t18-/m0/s1. The van der Waals surface area contributed by atoms with Gasteiger partial charge in [-0.3, -0.25) is 9.59 Å². The molecule has 32 heavy (non-hydrogen) atoms. The van der Waals surface area contributed by atoms with Crippen molar-refractivity contribution in [2.75, 3.05) is 5.32 Å². The molecule has 0 fully saturated rings. The first-order valence-electron chi connectivity index (χ1n) is 10.1. The summed E-state index contributed by atoms with van der Waals surface area (Å²) in [7, 11) is 0. The smallest absolute Gasteiger partial charge is 0.255 e. The number of hydrogen-bond donors (Lipinski definition) is 2. The summed E-state index contributed by atoms with van der Waals surface area (Å²) >= 11 is 7.52. The highest BCUT2D eigenvalue weighted by Gasteiger charge is 2.13. The van der Waals surface area contributed by atoms with E-state index in [2.05, 4.69) is 15.8 Å². The Kier molecular flexibility index (Phi) is 8.48. The summed E-state index contributed by atoms with van der Waals surface area (Å²) in [4.78, 5) is 24.8. The minimum Gasteiger partial charge on any atom is -0.322 e. The van der Waals surface area contributed by atoms with Crippen molar-refractivity contribution in [2.45, 2.75) is 24.9 Å². The monoisotopic (exact) mass is 465 g/mol.